The quantitative estimate of drug-likeness (QED) is 0.784. The maximum atomic E-state index is 11.9. The second kappa shape index (κ2) is 3.72. The van der Waals surface area contributed by atoms with Crippen LogP contribution < -0.4 is 5.32 Å². The summed E-state index contributed by atoms with van der Waals surface area (Å²) in [6.45, 7) is 6.55. The Labute approximate surface area is 102 Å². The van der Waals surface area contributed by atoms with Gasteiger partial charge in [-0.2, -0.15) is 0 Å². The van der Waals surface area contributed by atoms with E-state index in [0.29, 0.717) is 6.54 Å². The summed E-state index contributed by atoms with van der Waals surface area (Å²) in [5.41, 5.74) is -0.149. The minimum Gasteiger partial charge on any atom is -0.481 e. The lowest BCUT2D eigenvalue weighted by Crippen LogP contribution is -2.41. The zero-order chi connectivity index (χ0) is 12.8. The van der Waals surface area contributed by atoms with E-state index < -0.39 is 17.3 Å². The van der Waals surface area contributed by atoms with E-state index in [4.69, 9.17) is 5.11 Å². The largest absolute Gasteiger partial charge is 0.481 e. The zero-order valence-corrected chi connectivity index (χ0v) is 10.7. The van der Waals surface area contributed by atoms with Gasteiger partial charge in [0.1, 0.15) is 0 Å². The lowest BCUT2D eigenvalue weighted by molar-refractivity contribution is -0.140. The summed E-state index contributed by atoms with van der Waals surface area (Å²) in [4.78, 5) is 22.9. The number of nitrogens with one attached hydrogen (secondary N) is 1. The third-order valence-electron chi connectivity index (χ3n) is 4.63. The van der Waals surface area contributed by atoms with Gasteiger partial charge in [-0.25, -0.2) is 0 Å². The van der Waals surface area contributed by atoms with Crippen molar-refractivity contribution in [3.8, 4) is 0 Å². The van der Waals surface area contributed by atoms with Gasteiger partial charge in [0.2, 0.25) is 5.91 Å². The number of rotatable bonds is 4. The molecule has 0 aromatic heterocycles. The maximum absolute atomic E-state index is 11.9. The molecule has 0 heterocycles. The first-order valence-corrected chi connectivity index (χ1v) is 6.28. The van der Waals surface area contributed by atoms with E-state index in [1.807, 2.05) is 13.8 Å². The summed E-state index contributed by atoms with van der Waals surface area (Å²) in [5.74, 6) is -1.82. The molecular weight excluding hydrogens is 218 g/mol. The van der Waals surface area contributed by atoms with Gasteiger partial charge in [0.05, 0.1) is 11.8 Å². The summed E-state index contributed by atoms with van der Waals surface area (Å²) in [6.07, 6.45) is 3.55. The molecule has 2 saturated carbocycles. The fourth-order valence-electron chi connectivity index (χ4n) is 2.96. The van der Waals surface area contributed by atoms with Crippen molar-refractivity contribution >= 4 is 11.9 Å². The topological polar surface area (TPSA) is 66.4 Å². The highest BCUT2D eigenvalue weighted by Crippen LogP contribution is 2.58. The standard InChI is InChI=1S/C13H21NO3/c1-12(2)8(9(12)11(16)17)10(15)14-7-13(3)5-4-6-13/h8-9H,4-7H2,1-3H3,(H,14,15)(H,16,17)/t8-,9+/m1/s1. The molecule has 0 unspecified atom stereocenters. The van der Waals surface area contributed by atoms with E-state index in [9.17, 15) is 9.59 Å². The molecule has 17 heavy (non-hydrogen) atoms. The molecule has 0 aromatic carbocycles. The van der Waals surface area contributed by atoms with Crippen LogP contribution in [-0.2, 0) is 9.59 Å². The molecule has 0 spiro atoms. The van der Waals surface area contributed by atoms with E-state index in [-0.39, 0.29) is 17.2 Å². The van der Waals surface area contributed by atoms with Gasteiger partial charge in [0.15, 0.2) is 0 Å². The number of amides is 1. The average Bonchev–Trinajstić information content (AvgIpc) is 2.75. The molecule has 2 atom stereocenters. The van der Waals surface area contributed by atoms with Crippen LogP contribution in [-0.4, -0.2) is 23.5 Å². The number of carbonyl (C=O) groups excluding carboxylic acids is 1. The molecule has 0 aromatic rings. The Bertz CT molecular complexity index is 358. The molecule has 4 heteroatoms. The lowest BCUT2D eigenvalue weighted by atomic mass is 9.70. The Balaban J connectivity index is 1.87. The van der Waals surface area contributed by atoms with Crippen LogP contribution in [0.15, 0.2) is 0 Å². The van der Waals surface area contributed by atoms with Gasteiger partial charge in [-0.05, 0) is 23.7 Å². The molecule has 0 radical (unpaired) electrons. The van der Waals surface area contributed by atoms with Crippen molar-refractivity contribution in [3.63, 3.8) is 0 Å². The summed E-state index contributed by atoms with van der Waals surface area (Å²) < 4.78 is 0. The Morgan fingerprint density at radius 3 is 2.18 bits per heavy atom. The van der Waals surface area contributed by atoms with Crippen LogP contribution in [0.1, 0.15) is 40.0 Å². The Hall–Kier alpha value is -1.06. The van der Waals surface area contributed by atoms with Crippen molar-refractivity contribution in [3.05, 3.63) is 0 Å². The van der Waals surface area contributed by atoms with Gasteiger partial charge in [0, 0.05) is 6.54 Å². The first-order chi connectivity index (χ1) is 7.78. The number of carboxylic acids is 1. The summed E-state index contributed by atoms with van der Waals surface area (Å²) in [7, 11) is 0. The third kappa shape index (κ3) is 2.05. The fourth-order valence-corrected chi connectivity index (χ4v) is 2.96. The molecule has 4 nitrogen and oxygen atoms in total. The van der Waals surface area contributed by atoms with Crippen LogP contribution in [0.4, 0.5) is 0 Å². The molecule has 96 valence electrons. The van der Waals surface area contributed by atoms with Crippen LogP contribution in [0, 0.1) is 22.7 Å². The number of hydrogen-bond acceptors (Lipinski definition) is 2. The van der Waals surface area contributed by atoms with Crippen LogP contribution in [0.25, 0.3) is 0 Å². The van der Waals surface area contributed by atoms with Crippen molar-refractivity contribution in [2.24, 2.45) is 22.7 Å². The van der Waals surface area contributed by atoms with Crippen LogP contribution in [0.2, 0.25) is 0 Å². The van der Waals surface area contributed by atoms with Gasteiger partial charge < -0.3 is 10.4 Å². The van der Waals surface area contributed by atoms with Crippen LogP contribution in [0.5, 0.6) is 0 Å². The first-order valence-electron chi connectivity index (χ1n) is 6.28. The molecule has 2 N–H and O–H groups in total. The maximum Gasteiger partial charge on any atom is 0.307 e. The molecule has 2 aliphatic rings. The van der Waals surface area contributed by atoms with Crippen LogP contribution >= 0.6 is 0 Å². The van der Waals surface area contributed by atoms with E-state index in [2.05, 4.69) is 12.2 Å². The van der Waals surface area contributed by atoms with Gasteiger partial charge in [0.25, 0.3) is 0 Å². The van der Waals surface area contributed by atoms with Gasteiger partial charge in [-0.1, -0.05) is 27.2 Å². The number of carbonyl (C=O) groups is 2. The van der Waals surface area contributed by atoms with Crippen molar-refractivity contribution in [2.75, 3.05) is 6.54 Å². The van der Waals surface area contributed by atoms with Crippen molar-refractivity contribution in [1.82, 2.24) is 5.32 Å². The van der Waals surface area contributed by atoms with Gasteiger partial charge in [-0.15, -0.1) is 0 Å². The lowest BCUT2D eigenvalue weighted by Gasteiger charge is -2.38. The highest BCUT2D eigenvalue weighted by atomic mass is 16.4. The van der Waals surface area contributed by atoms with Gasteiger partial charge in [-0.3, -0.25) is 9.59 Å². The predicted octanol–water partition coefficient (Wildman–Crippen LogP) is 1.65. The predicted molar refractivity (Wildman–Crippen MR) is 63.4 cm³/mol. The van der Waals surface area contributed by atoms with Crippen LogP contribution in [0.3, 0.4) is 0 Å². The number of carboxylic acid groups (broad SMARTS) is 1. The number of aliphatic carboxylic acids is 1. The molecule has 0 bridgehead atoms. The van der Waals surface area contributed by atoms with Crippen molar-refractivity contribution in [2.45, 2.75) is 40.0 Å². The summed E-state index contributed by atoms with van der Waals surface area (Å²) >= 11 is 0. The van der Waals surface area contributed by atoms with E-state index in [1.165, 1.54) is 6.42 Å². The minimum atomic E-state index is -0.856. The SMILES string of the molecule is CC1(CNC(=O)[C@H]2[C@@H](C(=O)O)C2(C)C)CCC1. The van der Waals surface area contributed by atoms with Crippen molar-refractivity contribution < 1.29 is 14.7 Å². The molecule has 1 amide bonds. The summed E-state index contributed by atoms with van der Waals surface area (Å²) in [5, 5.41) is 11.9. The molecule has 0 saturated heterocycles. The second-order valence-electron chi connectivity index (χ2n) is 6.50. The van der Waals surface area contributed by atoms with E-state index in [0.717, 1.165) is 12.8 Å². The zero-order valence-electron chi connectivity index (χ0n) is 10.7. The molecule has 2 rings (SSSR count). The molecule has 0 aliphatic heterocycles. The average molecular weight is 239 g/mol. The molecule has 2 fully saturated rings. The normalized spacial score (nSPS) is 32.4. The first kappa shape index (κ1) is 12.4. The second-order valence-corrected chi connectivity index (χ2v) is 6.50. The summed E-state index contributed by atoms with van der Waals surface area (Å²) in [6, 6.07) is 0. The van der Waals surface area contributed by atoms with E-state index in [1.54, 1.807) is 0 Å². The third-order valence-corrected chi connectivity index (χ3v) is 4.63. The molecular formula is C13H21NO3. The van der Waals surface area contributed by atoms with E-state index >= 15 is 0 Å². The highest BCUT2D eigenvalue weighted by molar-refractivity contribution is 5.91. The highest BCUT2D eigenvalue weighted by Gasteiger charge is 2.65. The Morgan fingerprint density at radius 1 is 1.24 bits per heavy atom. The van der Waals surface area contributed by atoms with Crippen molar-refractivity contribution in [1.29, 1.82) is 0 Å². The molecule has 2 aliphatic carbocycles. The Morgan fingerprint density at radius 2 is 1.82 bits per heavy atom. The monoisotopic (exact) mass is 239 g/mol. The fraction of sp³-hybridized carbons (Fsp3) is 0.846. The smallest absolute Gasteiger partial charge is 0.307 e. The number of hydrogen-bond donors (Lipinski definition) is 2. The van der Waals surface area contributed by atoms with Gasteiger partial charge >= 0.3 is 5.97 Å². The minimum absolute atomic E-state index is 0.0875. The Kier molecular flexibility index (Phi) is 2.71.